The first-order valence-electron chi connectivity index (χ1n) is 16.3. The summed E-state index contributed by atoms with van der Waals surface area (Å²) in [5.41, 5.74) is 2.11. The van der Waals surface area contributed by atoms with Gasteiger partial charge in [-0.15, -0.1) is 0 Å². The van der Waals surface area contributed by atoms with Crippen LogP contribution in [0.15, 0.2) is 60.8 Å². The lowest BCUT2D eigenvalue weighted by atomic mass is 9.85. The number of fused-ring (bicyclic) bond motifs is 1. The van der Waals surface area contributed by atoms with Gasteiger partial charge in [0.15, 0.2) is 5.75 Å². The number of carbonyl (C=O) groups excluding carboxylic acids is 2. The van der Waals surface area contributed by atoms with Crippen LogP contribution in [0.25, 0.3) is 10.8 Å². The Morgan fingerprint density at radius 1 is 1.00 bits per heavy atom. The highest BCUT2D eigenvalue weighted by Crippen LogP contribution is 2.36. The number of likely N-dealkylation sites (tertiary alicyclic amines) is 1. The summed E-state index contributed by atoms with van der Waals surface area (Å²) < 4.78 is 5.47. The van der Waals surface area contributed by atoms with E-state index in [1.165, 1.54) is 33.0 Å². The van der Waals surface area contributed by atoms with Gasteiger partial charge in [0.25, 0.3) is 11.7 Å². The summed E-state index contributed by atoms with van der Waals surface area (Å²) in [4.78, 5) is 41.5. The smallest absolute Gasteiger partial charge is 0.296 e. The van der Waals surface area contributed by atoms with Crippen LogP contribution in [0.2, 0.25) is 0 Å². The van der Waals surface area contributed by atoms with Gasteiger partial charge in [0.1, 0.15) is 11.9 Å². The number of benzene rings is 3. The first-order valence-corrected chi connectivity index (χ1v) is 16.3. The molecule has 0 saturated carbocycles. The Balaban J connectivity index is 1.24. The highest BCUT2D eigenvalue weighted by atomic mass is 16.5. The van der Waals surface area contributed by atoms with Gasteiger partial charge < -0.3 is 25.2 Å². The lowest BCUT2D eigenvalue weighted by Crippen LogP contribution is -2.40. The summed E-state index contributed by atoms with van der Waals surface area (Å²) in [6, 6.07) is 18.8. The number of nitriles is 1. The molecular weight excluding hydrogens is 590 g/mol. The Bertz CT molecular complexity index is 1850. The second-order valence-corrected chi connectivity index (χ2v) is 13.3. The van der Waals surface area contributed by atoms with E-state index in [0.717, 1.165) is 48.5 Å². The number of hydrogen-bond acceptors (Lipinski definition) is 9. The van der Waals surface area contributed by atoms with E-state index >= 15 is 0 Å². The molecule has 10 nitrogen and oxygen atoms in total. The van der Waals surface area contributed by atoms with E-state index in [2.05, 4.69) is 31.5 Å². The lowest BCUT2D eigenvalue weighted by molar-refractivity contribution is -0.112. The predicted octanol–water partition coefficient (Wildman–Crippen LogP) is 6.44. The Kier molecular flexibility index (Phi) is 9.10. The molecule has 2 aliphatic heterocycles. The van der Waals surface area contributed by atoms with Crippen LogP contribution in [-0.2, 0) is 10.2 Å². The molecule has 1 atom stereocenters. The minimum Gasteiger partial charge on any atom is -0.493 e. The molecule has 1 aromatic heterocycles. The first kappa shape index (κ1) is 32.0. The number of rotatable bonds is 9. The lowest BCUT2D eigenvalue weighted by Gasteiger charge is -2.28. The van der Waals surface area contributed by atoms with Crippen LogP contribution in [0.1, 0.15) is 67.9 Å². The van der Waals surface area contributed by atoms with Crippen molar-refractivity contribution in [2.45, 2.75) is 57.9 Å². The third-order valence-corrected chi connectivity index (χ3v) is 9.11. The van der Waals surface area contributed by atoms with Crippen LogP contribution in [0.4, 0.5) is 23.1 Å². The molecule has 1 unspecified atom stereocenters. The fourth-order valence-electron chi connectivity index (χ4n) is 6.61. The Morgan fingerprint density at radius 2 is 1.77 bits per heavy atom. The van der Waals surface area contributed by atoms with Crippen molar-refractivity contribution >= 4 is 45.6 Å². The number of carbonyl (C=O) groups is 2. The largest absolute Gasteiger partial charge is 0.493 e. The number of hydrogen-bond donors (Lipinski definition) is 2. The number of nitrogens with one attached hydrogen (secondary N) is 2. The molecule has 0 bridgehead atoms. The van der Waals surface area contributed by atoms with Gasteiger partial charge >= 0.3 is 0 Å². The molecular formula is C37H41N7O3. The molecule has 47 heavy (non-hydrogen) atoms. The molecule has 242 valence electrons. The normalized spacial score (nSPS) is 16.7. The molecule has 0 radical (unpaired) electrons. The zero-order valence-corrected chi connectivity index (χ0v) is 27.5. The number of amides is 1. The number of nitrogens with zero attached hydrogens (tertiary/aromatic N) is 5. The fourth-order valence-corrected chi connectivity index (χ4v) is 6.61. The van der Waals surface area contributed by atoms with Crippen molar-refractivity contribution in [1.82, 2.24) is 14.9 Å². The monoisotopic (exact) mass is 631 g/mol. The molecule has 2 N–H and O–H groups in total. The third-order valence-electron chi connectivity index (χ3n) is 9.11. The maximum Gasteiger partial charge on any atom is 0.296 e. The number of ketones is 1. The Morgan fingerprint density at radius 3 is 2.49 bits per heavy atom. The summed E-state index contributed by atoms with van der Waals surface area (Å²) >= 11 is 0. The SMILES string of the molecule is COc1c(C#N)cc(C(C)(C)C)cc1NC(=O)C(=O)c1ccc(Nc2ccnc(N3CCCC3CN3CCCC3)n2)c2ccccc12. The standard InChI is InChI=1S/C37H41N7O3/c1-37(2,3)25-20-24(22-38)34(47-4)31(21-25)41-35(46)33(45)29-13-14-30(28-12-6-5-11-27(28)29)40-32-15-16-39-36(42-32)44-19-9-10-26(44)23-43-17-7-8-18-43/h5-6,11-16,20-21,26H,7-10,17-19,23H2,1-4H3,(H,41,46)(H,39,40,42). The van der Waals surface area contributed by atoms with Crippen molar-refractivity contribution in [1.29, 1.82) is 5.26 Å². The maximum absolute atomic E-state index is 13.6. The average Bonchev–Trinajstić information content (AvgIpc) is 3.76. The number of Topliss-reactive ketones (excluding diaryl/α,β-unsaturated/α-hetero) is 1. The van der Waals surface area contributed by atoms with Crippen LogP contribution in [-0.4, -0.2) is 65.9 Å². The second kappa shape index (κ2) is 13.4. The first-order chi connectivity index (χ1) is 22.7. The highest BCUT2D eigenvalue weighted by Gasteiger charge is 2.30. The summed E-state index contributed by atoms with van der Waals surface area (Å²) in [5, 5.41) is 17.3. The van der Waals surface area contributed by atoms with Crippen molar-refractivity contribution in [2.75, 3.05) is 48.8 Å². The molecule has 0 aliphatic carbocycles. The van der Waals surface area contributed by atoms with E-state index < -0.39 is 11.7 Å². The van der Waals surface area contributed by atoms with Crippen molar-refractivity contribution in [3.63, 3.8) is 0 Å². The molecule has 0 spiro atoms. The van der Waals surface area contributed by atoms with Crippen LogP contribution in [0.5, 0.6) is 5.75 Å². The van der Waals surface area contributed by atoms with E-state index in [9.17, 15) is 14.9 Å². The van der Waals surface area contributed by atoms with E-state index in [-0.39, 0.29) is 28.0 Å². The molecule has 2 saturated heterocycles. The minimum atomic E-state index is -0.821. The molecule has 3 heterocycles. The molecule has 3 aromatic carbocycles. The zero-order valence-electron chi connectivity index (χ0n) is 27.5. The molecule has 1 amide bonds. The van der Waals surface area contributed by atoms with Crippen LogP contribution in [0, 0.1) is 11.3 Å². The van der Waals surface area contributed by atoms with Gasteiger partial charge in [-0.2, -0.15) is 10.2 Å². The van der Waals surface area contributed by atoms with Gasteiger partial charge in [0.2, 0.25) is 5.95 Å². The summed E-state index contributed by atoms with van der Waals surface area (Å²) in [6.45, 7) is 10.3. The molecule has 2 aliphatic rings. The van der Waals surface area contributed by atoms with Gasteiger partial charge in [-0.1, -0.05) is 45.0 Å². The molecule has 2 fully saturated rings. The average molecular weight is 632 g/mol. The van der Waals surface area contributed by atoms with Gasteiger partial charge in [0, 0.05) is 42.0 Å². The van der Waals surface area contributed by atoms with Crippen LogP contribution >= 0.6 is 0 Å². The number of methoxy groups -OCH3 is 1. The number of anilines is 4. The highest BCUT2D eigenvalue weighted by molar-refractivity contribution is 6.48. The molecule has 10 heteroatoms. The maximum atomic E-state index is 13.6. The van der Waals surface area contributed by atoms with Gasteiger partial charge in [-0.3, -0.25) is 9.59 Å². The van der Waals surface area contributed by atoms with E-state index in [0.29, 0.717) is 17.2 Å². The fraction of sp³-hybridized carbons (Fsp3) is 0.378. The van der Waals surface area contributed by atoms with Crippen LogP contribution < -0.4 is 20.3 Å². The van der Waals surface area contributed by atoms with Crippen molar-refractivity contribution in [2.24, 2.45) is 0 Å². The third kappa shape index (κ3) is 6.76. The molecule has 4 aromatic rings. The minimum absolute atomic E-state index is 0.214. The van der Waals surface area contributed by atoms with E-state index in [1.807, 2.05) is 51.1 Å². The number of ether oxygens (including phenoxy) is 1. The quantitative estimate of drug-likeness (QED) is 0.159. The second-order valence-electron chi connectivity index (χ2n) is 13.3. The summed E-state index contributed by atoms with van der Waals surface area (Å²) in [6.07, 6.45) is 6.59. The van der Waals surface area contributed by atoms with Gasteiger partial charge in [0.05, 0.1) is 18.4 Å². The van der Waals surface area contributed by atoms with Crippen molar-refractivity contribution in [3.05, 3.63) is 77.5 Å². The van der Waals surface area contributed by atoms with E-state index in [1.54, 1.807) is 30.5 Å². The predicted molar refractivity (Wildman–Crippen MR) is 185 cm³/mol. The Labute approximate surface area is 275 Å². The topological polar surface area (TPSA) is 123 Å². The van der Waals surface area contributed by atoms with Gasteiger partial charge in [-0.25, -0.2) is 4.98 Å². The zero-order chi connectivity index (χ0) is 33.1. The van der Waals surface area contributed by atoms with Crippen LogP contribution in [0.3, 0.4) is 0 Å². The summed E-state index contributed by atoms with van der Waals surface area (Å²) in [7, 11) is 1.43. The molecule has 6 rings (SSSR count). The van der Waals surface area contributed by atoms with Gasteiger partial charge in [-0.05, 0) is 85.5 Å². The Hall–Kier alpha value is -5.01. The summed E-state index contributed by atoms with van der Waals surface area (Å²) in [5.74, 6) is 0.0694. The van der Waals surface area contributed by atoms with Crippen molar-refractivity contribution in [3.8, 4) is 11.8 Å². The number of aromatic nitrogens is 2. The van der Waals surface area contributed by atoms with Crippen molar-refractivity contribution < 1.29 is 14.3 Å². The van der Waals surface area contributed by atoms with E-state index in [4.69, 9.17) is 9.72 Å².